The van der Waals surface area contributed by atoms with E-state index in [-0.39, 0.29) is 0 Å². The fraction of sp³-hybridized carbons (Fsp3) is 0.118. The lowest BCUT2D eigenvalue weighted by Gasteiger charge is -2.11. The molecule has 0 aromatic heterocycles. The number of nitrogens with zero attached hydrogens (tertiary/aromatic N) is 2. The number of allylic oxidation sites excluding steroid dienone is 6. The van der Waals surface area contributed by atoms with E-state index in [1.54, 1.807) is 0 Å². The number of benzene rings is 1. The Labute approximate surface area is 113 Å². The summed E-state index contributed by atoms with van der Waals surface area (Å²) < 4.78 is 0. The zero-order valence-electron chi connectivity index (χ0n) is 11.2. The quantitative estimate of drug-likeness (QED) is 0.731. The highest BCUT2D eigenvalue weighted by Gasteiger charge is 2.15. The first-order valence-electron chi connectivity index (χ1n) is 6.39. The lowest BCUT2D eigenvalue weighted by atomic mass is 10.0. The molecule has 0 aliphatic carbocycles. The first kappa shape index (κ1) is 11.7. The van der Waals surface area contributed by atoms with E-state index >= 15 is 0 Å². The lowest BCUT2D eigenvalue weighted by Crippen LogP contribution is -2.02. The molecule has 0 saturated heterocycles. The summed E-state index contributed by atoms with van der Waals surface area (Å²) in [5.41, 5.74) is 5.78. The van der Waals surface area contributed by atoms with Crippen LogP contribution in [-0.4, -0.2) is 17.7 Å². The van der Waals surface area contributed by atoms with Gasteiger partial charge in [-0.1, -0.05) is 30.4 Å². The molecule has 2 aliphatic rings. The first-order chi connectivity index (χ1) is 9.24. The number of rotatable bonds is 1. The molecule has 0 radical (unpaired) electrons. The molecular weight excluding hydrogens is 232 g/mol. The summed E-state index contributed by atoms with van der Waals surface area (Å²) in [5, 5.41) is 0. The normalized spacial score (nSPS) is 18.8. The number of aliphatic imine (C=N–C) groups is 1. The molecule has 2 nitrogen and oxygen atoms in total. The van der Waals surface area contributed by atoms with Gasteiger partial charge in [-0.2, -0.15) is 0 Å². The van der Waals surface area contributed by atoms with E-state index in [1.165, 1.54) is 16.7 Å². The fourth-order valence-electron chi connectivity index (χ4n) is 2.25. The molecule has 0 amide bonds. The summed E-state index contributed by atoms with van der Waals surface area (Å²) >= 11 is 0. The SMILES string of the molecule is CC1=Nc2ccccc2C1=CC=C1C=CN(C)C=C1. The second kappa shape index (κ2) is 4.73. The molecule has 1 aromatic rings. The van der Waals surface area contributed by atoms with Crippen molar-refractivity contribution < 1.29 is 0 Å². The van der Waals surface area contributed by atoms with Gasteiger partial charge in [0.1, 0.15) is 0 Å². The average molecular weight is 248 g/mol. The highest BCUT2D eigenvalue weighted by molar-refractivity contribution is 6.28. The maximum absolute atomic E-state index is 4.58. The van der Waals surface area contributed by atoms with Crippen molar-refractivity contribution >= 4 is 17.0 Å². The molecule has 0 spiro atoms. The van der Waals surface area contributed by atoms with Crippen LogP contribution < -0.4 is 0 Å². The number of hydrogen-bond acceptors (Lipinski definition) is 2. The van der Waals surface area contributed by atoms with E-state index in [0.717, 1.165) is 11.4 Å². The summed E-state index contributed by atoms with van der Waals surface area (Å²) in [5.74, 6) is 0. The minimum absolute atomic E-state index is 1.07. The van der Waals surface area contributed by atoms with Crippen molar-refractivity contribution in [3.63, 3.8) is 0 Å². The van der Waals surface area contributed by atoms with E-state index < -0.39 is 0 Å². The molecule has 0 unspecified atom stereocenters. The monoisotopic (exact) mass is 248 g/mol. The average Bonchev–Trinajstić information content (AvgIpc) is 2.74. The predicted molar refractivity (Wildman–Crippen MR) is 81.3 cm³/mol. The van der Waals surface area contributed by atoms with Crippen molar-refractivity contribution in [2.24, 2.45) is 4.99 Å². The van der Waals surface area contributed by atoms with E-state index in [1.807, 2.05) is 30.4 Å². The Morgan fingerprint density at radius 2 is 1.79 bits per heavy atom. The minimum atomic E-state index is 1.07. The molecule has 94 valence electrons. The second-order valence-corrected chi connectivity index (χ2v) is 4.76. The molecule has 0 atom stereocenters. The summed E-state index contributed by atoms with van der Waals surface area (Å²) in [6.07, 6.45) is 12.6. The van der Waals surface area contributed by atoms with Crippen LogP contribution in [-0.2, 0) is 0 Å². The topological polar surface area (TPSA) is 15.6 Å². The Bertz CT molecular complexity index is 642. The largest absolute Gasteiger partial charge is 0.357 e. The van der Waals surface area contributed by atoms with Gasteiger partial charge in [-0.05, 0) is 30.7 Å². The molecule has 2 heteroatoms. The molecule has 3 rings (SSSR count). The van der Waals surface area contributed by atoms with Crippen LogP contribution in [0.15, 0.2) is 71.5 Å². The maximum Gasteiger partial charge on any atom is 0.0712 e. The van der Waals surface area contributed by atoms with Gasteiger partial charge in [0.25, 0.3) is 0 Å². The highest BCUT2D eigenvalue weighted by atomic mass is 15.0. The van der Waals surface area contributed by atoms with Crippen LogP contribution in [0.1, 0.15) is 12.5 Å². The molecule has 0 N–H and O–H groups in total. The van der Waals surface area contributed by atoms with E-state index in [0.29, 0.717) is 0 Å². The van der Waals surface area contributed by atoms with Crippen molar-refractivity contribution in [1.29, 1.82) is 0 Å². The summed E-state index contributed by atoms with van der Waals surface area (Å²) in [6.45, 7) is 2.06. The lowest BCUT2D eigenvalue weighted by molar-refractivity contribution is 0.620. The smallest absolute Gasteiger partial charge is 0.0712 e. The molecule has 2 aliphatic heterocycles. The number of fused-ring (bicyclic) bond motifs is 1. The third-order valence-corrected chi connectivity index (χ3v) is 3.32. The maximum atomic E-state index is 4.58. The van der Waals surface area contributed by atoms with E-state index in [4.69, 9.17) is 0 Å². The van der Waals surface area contributed by atoms with Gasteiger partial charge in [0.15, 0.2) is 0 Å². The van der Waals surface area contributed by atoms with Crippen LogP contribution in [0.5, 0.6) is 0 Å². The van der Waals surface area contributed by atoms with Gasteiger partial charge >= 0.3 is 0 Å². The van der Waals surface area contributed by atoms with E-state index in [9.17, 15) is 0 Å². The van der Waals surface area contributed by atoms with Crippen molar-refractivity contribution in [3.05, 3.63) is 72.1 Å². The first-order valence-corrected chi connectivity index (χ1v) is 6.39. The summed E-state index contributed by atoms with van der Waals surface area (Å²) in [4.78, 5) is 6.61. The van der Waals surface area contributed by atoms with Crippen LogP contribution in [0, 0.1) is 0 Å². The van der Waals surface area contributed by atoms with Crippen molar-refractivity contribution in [2.75, 3.05) is 7.05 Å². The van der Waals surface area contributed by atoms with E-state index in [2.05, 4.69) is 54.4 Å². The second-order valence-electron chi connectivity index (χ2n) is 4.76. The summed E-state index contributed by atoms with van der Waals surface area (Å²) in [7, 11) is 2.02. The molecule has 19 heavy (non-hydrogen) atoms. The Morgan fingerprint density at radius 1 is 1.05 bits per heavy atom. The van der Waals surface area contributed by atoms with Crippen LogP contribution in [0.3, 0.4) is 0 Å². The summed E-state index contributed by atoms with van der Waals surface area (Å²) in [6, 6.07) is 8.27. The van der Waals surface area contributed by atoms with Gasteiger partial charge in [0.2, 0.25) is 0 Å². The van der Waals surface area contributed by atoms with Gasteiger partial charge in [0.05, 0.1) is 5.69 Å². The van der Waals surface area contributed by atoms with Crippen LogP contribution >= 0.6 is 0 Å². The minimum Gasteiger partial charge on any atom is -0.357 e. The van der Waals surface area contributed by atoms with Gasteiger partial charge in [-0.25, -0.2) is 0 Å². The van der Waals surface area contributed by atoms with Crippen LogP contribution in [0.25, 0.3) is 5.57 Å². The van der Waals surface area contributed by atoms with Crippen LogP contribution in [0.4, 0.5) is 5.69 Å². The third kappa shape index (κ3) is 2.29. The van der Waals surface area contributed by atoms with Crippen molar-refractivity contribution in [1.82, 2.24) is 4.90 Å². The van der Waals surface area contributed by atoms with Gasteiger partial charge in [0, 0.05) is 36.3 Å². The Balaban J connectivity index is 1.94. The Kier molecular flexibility index (Phi) is 2.92. The number of para-hydroxylation sites is 1. The standard InChI is InChI=1S/C17H16N2/c1-13-15(16-5-3-4-6-17(16)18-13)8-7-14-9-11-19(2)12-10-14/h3-12H,1-2H3. The molecule has 0 fully saturated rings. The van der Waals surface area contributed by atoms with Gasteiger partial charge in [-0.3, -0.25) is 4.99 Å². The molecule has 0 saturated carbocycles. The third-order valence-electron chi connectivity index (χ3n) is 3.32. The Hall–Kier alpha value is -2.35. The zero-order valence-corrected chi connectivity index (χ0v) is 11.2. The fourth-order valence-corrected chi connectivity index (χ4v) is 2.25. The number of hydrogen-bond donors (Lipinski definition) is 0. The molecule has 1 aromatic carbocycles. The predicted octanol–water partition coefficient (Wildman–Crippen LogP) is 4.08. The van der Waals surface area contributed by atoms with Crippen molar-refractivity contribution in [3.8, 4) is 0 Å². The van der Waals surface area contributed by atoms with Gasteiger partial charge in [-0.15, -0.1) is 0 Å². The molecule has 2 heterocycles. The van der Waals surface area contributed by atoms with Crippen molar-refractivity contribution in [2.45, 2.75) is 6.92 Å². The zero-order chi connectivity index (χ0) is 13.2. The molecule has 0 bridgehead atoms. The van der Waals surface area contributed by atoms with Gasteiger partial charge < -0.3 is 4.90 Å². The van der Waals surface area contributed by atoms with Crippen LogP contribution in [0.2, 0.25) is 0 Å². The Morgan fingerprint density at radius 3 is 2.58 bits per heavy atom. The molecular formula is C17H16N2. The highest BCUT2D eigenvalue weighted by Crippen LogP contribution is 2.34.